The fraction of sp³-hybridized carbons (Fsp3) is 0.364. The van der Waals surface area contributed by atoms with E-state index in [1.54, 1.807) is 0 Å². The third-order valence-corrected chi connectivity index (χ3v) is 4.95. The summed E-state index contributed by atoms with van der Waals surface area (Å²) in [6.45, 7) is 0. The number of amides is 3. The van der Waals surface area contributed by atoms with E-state index in [-0.39, 0.29) is 51.1 Å². The van der Waals surface area contributed by atoms with Crippen molar-refractivity contribution in [2.75, 3.05) is 12.8 Å². The van der Waals surface area contributed by atoms with Crippen molar-refractivity contribution in [1.29, 1.82) is 0 Å². The number of rotatable bonds is 7. The van der Waals surface area contributed by atoms with Gasteiger partial charge in [0, 0.05) is 5.38 Å². The smallest absolute Gasteiger partial charge is 0.731 e. The van der Waals surface area contributed by atoms with E-state index in [4.69, 9.17) is 5.73 Å². The largest absolute Gasteiger partial charge is 1.00 e. The number of hydrogen-bond acceptors (Lipinski definition) is 11. The average Bonchev–Trinajstić information content (AvgIpc) is 2.98. The van der Waals surface area contributed by atoms with Crippen molar-refractivity contribution in [1.82, 2.24) is 19.9 Å². The molecule has 1 saturated heterocycles. The Kier molecular flexibility index (Phi) is 7.70. The number of hydrogen-bond donors (Lipinski definition) is 3. The molecule has 2 rings (SSSR count). The number of anilines is 1. The molecule has 1 aromatic rings. The Morgan fingerprint density at radius 1 is 1.52 bits per heavy atom. The Hall–Kier alpha value is -1.78. The van der Waals surface area contributed by atoms with E-state index in [9.17, 15) is 32.1 Å². The monoisotopic (exact) mass is 429 g/mol. The zero-order valence-corrected chi connectivity index (χ0v) is 17.6. The summed E-state index contributed by atoms with van der Waals surface area (Å²) >= 11 is 0.989. The molecular formula is C11H12N5NaO8S2. The molecule has 0 aliphatic carbocycles. The molecule has 3 atom stereocenters. The molecule has 1 unspecified atom stereocenters. The zero-order chi connectivity index (χ0) is 19.6. The molecule has 1 aromatic heterocycles. The minimum Gasteiger partial charge on any atom is -0.731 e. The quantitative estimate of drug-likeness (QED) is 0.123. The van der Waals surface area contributed by atoms with Gasteiger partial charge in [-0.15, -0.1) is 11.3 Å². The molecule has 1 aliphatic heterocycles. The van der Waals surface area contributed by atoms with E-state index in [0.29, 0.717) is 0 Å². The average molecular weight is 429 g/mol. The number of β-lactam (4-membered cyclic amide) rings is 1. The summed E-state index contributed by atoms with van der Waals surface area (Å²) < 4.78 is 37.4. The van der Waals surface area contributed by atoms with Gasteiger partial charge in [0.25, 0.3) is 5.91 Å². The summed E-state index contributed by atoms with van der Waals surface area (Å²) in [6.07, 6.45) is 0.203. The van der Waals surface area contributed by atoms with Crippen LogP contribution in [-0.2, 0) is 34.2 Å². The Bertz CT molecular complexity index is 859. The molecule has 0 aromatic carbocycles. The molecular weight excluding hydrogens is 417 g/mol. The van der Waals surface area contributed by atoms with Crippen molar-refractivity contribution in [3.8, 4) is 0 Å². The number of esters is 1. The maximum absolute atomic E-state index is 12.3. The zero-order valence-electron chi connectivity index (χ0n) is 13.9. The fourth-order valence-corrected chi connectivity index (χ4v) is 3.65. The molecule has 27 heavy (non-hydrogen) atoms. The molecule has 0 bridgehead atoms. The van der Waals surface area contributed by atoms with Gasteiger partial charge in [0.05, 0.1) is 12.8 Å². The molecule has 0 saturated carbocycles. The number of methoxy groups -OCH3 is 1. The number of nitrogens with two attached hydrogens (primary N) is 1. The summed E-state index contributed by atoms with van der Waals surface area (Å²) in [4.78, 5) is 50.5. The maximum Gasteiger partial charge on any atom is 1.00 e. The summed E-state index contributed by atoms with van der Waals surface area (Å²) in [5, 5.41) is 5.74. The van der Waals surface area contributed by atoms with Gasteiger partial charge in [-0.25, -0.2) is 22.5 Å². The number of thiazole rings is 1. The maximum atomic E-state index is 12.3. The van der Waals surface area contributed by atoms with Crippen molar-refractivity contribution in [3.63, 3.8) is 0 Å². The van der Waals surface area contributed by atoms with E-state index in [0.717, 1.165) is 18.4 Å². The van der Waals surface area contributed by atoms with Gasteiger partial charge in [-0.3, -0.25) is 14.4 Å². The van der Waals surface area contributed by atoms with Crippen molar-refractivity contribution in [3.05, 3.63) is 11.1 Å². The number of carbonyl (C=O) groups is 4. The van der Waals surface area contributed by atoms with Crippen LogP contribution in [0.4, 0.5) is 5.13 Å². The van der Waals surface area contributed by atoms with Crippen molar-refractivity contribution in [2.45, 2.75) is 18.1 Å². The van der Waals surface area contributed by atoms with Gasteiger partial charge < -0.3 is 25.7 Å². The van der Waals surface area contributed by atoms with Gasteiger partial charge in [0.15, 0.2) is 27.5 Å². The van der Waals surface area contributed by atoms with Crippen molar-refractivity contribution >= 4 is 51.0 Å². The summed E-state index contributed by atoms with van der Waals surface area (Å²) in [5.74, 6) is -3.50. The summed E-state index contributed by atoms with van der Waals surface area (Å²) in [5.41, 5.74) is 5.52. The van der Waals surface area contributed by atoms with Crippen LogP contribution in [-0.4, -0.2) is 65.6 Å². The minimum atomic E-state index is -5.28. The first-order valence-corrected chi connectivity index (χ1v) is 8.94. The summed E-state index contributed by atoms with van der Waals surface area (Å²) in [7, 11) is -4.37. The van der Waals surface area contributed by atoms with Gasteiger partial charge in [0.1, 0.15) is 6.04 Å². The Morgan fingerprint density at radius 2 is 2.15 bits per heavy atom. The SMILES string of the molecule is COC(=O)[C@H]1[C@@H](NC(=O)C(NC=O)c2csc(N)n2)C(=O)N1S(=O)(=O)[O-].[Na+]. The molecule has 13 nitrogen and oxygen atoms in total. The van der Waals surface area contributed by atoms with Crippen LogP contribution < -0.4 is 45.9 Å². The topological polar surface area (TPSA) is 201 Å². The van der Waals surface area contributed by atoms with Crippen LogP contribution in [0.25, 0.3) is 0 Å². The van der Waals surface area contributed by atoms with Gasteiger partial charge >= 0.3 is 35.5 Å². The molecule has 142 valence electrons. The molecule has 1 fully saturated rings. The molecule has 1 aliphatic rings. The first-order chi connectivity index (χ1) is 12.1. The molecule has 0 radical (unpaired) electrons. The molecule has 16 heteroatoms. The first-order valence-electron chi connectivity index (χ1n) is 6.69. The second kappa shape index (κ2) is 8.94. The second-order valence-corrected chi connectivity index (χ2v) is 7.01. The van der Waals surface area contributed by atoms with E-state index in [2.05, 4.69) is 20.4 Å². The van der Waals surface area contributed by atoms with Crippen LogP contribution >= 0.6 is 11.3 Å². The fourth-order valence-electron chi connectivity index (χ4n) is 2.24. The van der Waals surface area contributed by atoms with Crippen LogP contribution in [0.3, 0.4) is 0 Å². The predicted molar refractivity (Wildman–Crippen MR) is 82.7 cm³/mol. The van der Waals surface area contributed by atoms with Crippen LogP contribution in [0.1, 0.15) is 11.7 Å². The number of nitrogens with one attached hydrogen (secondary N) is 2. The van der Waals surface area contributed by atoms with E-state index >= 15 is 0 Å². The van der Waals surface area contributed by atoms with Gasteiger partial charge in [0.2, 0.25) is 12.3 Å². The number of nitrogen functional groups attached to an aromatic ring is 1. The standard InChI is InChI=1S/C11H13N5O8S2.Na/c1-24-10(20)7-6(9(19)16(7)26(21,22)23)15-8(18)5(13-3-17)4-2-25-11(12)14-4;/h2-3,5-7H,1H3,(H2,12,14)(H,13,17)(H,15,18)(H,21,22,23);/q;+1/p-1/t5?,6-,7-;/m1./s1. The van der Waals surface area contributed by atoms with Gasteiger partial charge in [-0.2, -0.15) is 0 Å². The number of carbonyl (C=O) groups excluding carboxylic acids is 4. The predicted octanol–water partition coefficient (Wildman–Crippen LogP) is -6.15. The van der Waals surface area contributed by atoms with Crippen LogP contribution in [0.5, 0.6) is 0 Å². The number of nitrogens with zero attached hydrogens (tertiary/aromatic N) is 2. The first kappa shape index (κ1) is 23.3. The Balaban J connectivity index is 0.00000364. The van der Waals surface area contributed by atoms with Gasteiger partial charge in [-0.05, 0) is 0 Å². The van der Waals surface area contributed by atoms with Crippen molar-refractivity contribution in [2.24, 2.45) is 0 Å². The Morgan fingerprint density at radius 3 is 2.59 bits per heavy atom. The number of ether oxygens (including phenoxy) is 1. The minimum absolute atomic E-state index is 0. The van der Waals surface area contributed by atoms with E-state index in [1.807, 2.05) is 0 Å². The number of aromatic nitrogens is 1. The third kappa shape index (κ3) is 4.74. The third-order valence-electron chi connectivity index (χ3n) is 3.37. The van der Waals surface area contributed by atoms with Crippen LogP contribution in [0, 0.1) is 0 Å². The van der Waals surface area contributed by atoms with Crippen LogP contribution in [0.15, 0.2) is 5.38 Å². The molecule has 4 N–H and O–H groups in total. The molecule has 0 spiro atoms. The second-order valence-electron chi connectivity index (χ2n) is 4.87. The normalized spacial score (nSPS) is 19.9. The van der Waals surface area contributed by atoms with E-state index in [1.165, 1.54) is 5.38 Å². The van der Waals surface area contributed by atoms with Crippen molar-refractivity contribution < 1.29 is 66.4 Å². The van der Waals surface area contributed by atoms with E-state index < -0.39 is 46.2 Å². The molecule has 3 amide bonds. The van der Waals surface area contributed by atoms with Crippen LogP contribution in [0.2, 0.25) is 0 Å². The summed E-state index contributed by atoms with van der Waals surface area (Å²) in [6, 6.07) is -4.87. The molecule has 2 heterocycles. The van der Waals surface area contributed by atoms with Gasteiger partial charge in [-0.1, -0.05) is 0 Å². The Labute approximate surface area is 178 Å².